The van der Waals surface area contributed by atoms with Crippen molar-refractivity contribution >= 4 is 11.9 Å². The minimum Gasteiger partial charge on any atom is -0.374 e. The van der Waals surface area contributed by atoms with Crippen LogP contribution in [-0.2, 0) is 34.0 Å². The number of halogens is 6. The number of rotatable bonds is 7. The first kappa shape index (κ1) is 24.4. The van der Waals surface area contributed by atoms with Gasteiger partial charge in [-0.3, -0.25) is 4.79 Å². The molecule has 0 bridgehead atoms. The number of carbonyl (C=O) groups is 2. The van der Waals surface area contributed by atoms with Crippen molar-refractivity contribution in [1.82, 2.24) is 10.2 Å². The highest BCUT2D eigenvalue weighted by Crippen LogP contribution is 2.36. The standard InChI is InChI=1S/C21H19F6N3O3/c22-20(23,24)15-6-13(7-16(8-15)21(25,26)27)10-33-12-19(14-4-2-1-3-5-14)11-30(9-17(28)31)18(32)29-19/h1-8H,9-12H2,(H2,28,31)(H,29,32). The first-order valence-corrected chi connectivity index (χ1v) is 9.57. The Morgan fingerprint density at radius 2 is 1.61 bits per heavy atom. The molecule has 1 unspecified atom stereocenters. The minimum absolute atomic E-state index is 0.0356. The molecular weight excluding hydrogens is 456 g/mol. The summed E-state index contributed by atoms with van der Waals surface area (Å²) in [5.74, 6) is -0.751. The van der Waals surface area contributed by atoms with Gasteiger partial charge in [-0.25, -0.2) is 4.79 Å². The van der Waals surface area contributed by atoms with Crippen LogP contribution >= 0.6 is 0 Å². The van der Waals surface area contributed by atoms with Gasteiger partial charge in [0.25, 0.3) is 0 Å². The second-order valence-corrected chi connectivity index (χ2v) is 7.61. The lowest BCUT2D eigenvalue weighted by atomic mass is 9.91. The van der Waals surface area contributed by atoms with Crippen molar-refractivity contribution in [2.24, 2.45) is 5.73 Å². The van der Waals surface area contributed by atoms with Crippen LogP contribution in [0.5, 0.6) is 0 Å². The summed E-state index contributed by atoms with van der Waals surface area (Å²) in [7, 11) is 0. The fourth-order valence-electron chi connectivity index (χ4n) is 3.57. The van der Waals surface area contributed by atoms with Gasteiger partial charge in [0.15, 0.2) is 0 Å². The molecular formula is C21H19F6N3O3. The Kier molecular flexibility index (Phi) is 6.59. The van der Waals surface area contributed by atoms with E-state index in [1.165, 1.54) is 0 Å². The SMILES string of the molecule is NC(=O)CN1CC(COCc2cc(C(F)(F)F)cc(C(F)(F)F)c2)(c2ccccc2)NC1=O. The summed E-state index contributed by atoms with van der Waals surface area (Å²) in [6.45, 7) is -1.28. The van der Waals surface area contributed by atoms with Crippen molar-refractivity contribution in [1.29, 1.82) is 0 Å². The van der Waals surface area contributed by atoms with E-state index in [1.807, 2.05) is 0 Å². The van der Waals surface area contributed by atoms with Gasteiger partial charge in [-0.05, 0) is 29.3 Å². The highest BCUT2D eigenvalue weighted by atomic mass is 19.4. The zero-order valence-electron chi connectivity index (χ0n) is 17.0. The van der Waals surface area contributed by atoms with E-state index in [9.17, 15) is 35.9 Å². The number of carbonyl (C=O) groups excluding carboxylic acids is 2. The van der Waals surface area contributed by atoms with Crippen molar-refractivity contribution < 1.29 is 40.7 Å². The van der Waals surface area contributed by atoms with E-state index in [2.05, 4.69) is 5.32 Å². The highest BCUT2D eigenvalue weighted by molar-refractivity contribution is 5.85. The molecule has 1 fully saturated rings. The van der Waals surface area contributed by atoms with E-state index in [1.54, 1.807) is 30.3 Å². The summed E-state index contributed by atoms with van der Waals surface area (Å²) >= 11 is 0. The molecule has 33 heavy (non-hydrogen) atoms. The van der Waals surface area contributed by atoms with Gasteiger partial charge in [0, 0.05) is 0 Å². The topological polar surface area (TPSA) is 84.7 Å². The van der Waals surface area contributed by atoms with Crippen LogP contribution in [0.2, 0.25) is 0 Å². The van der Waals surface area contributed by atoms with E-state index < -0.39 is 47.6 Å². The smallest absolute Gasteiger partial charge is 0.374 e. The van der Waals surface area contributed by atoms with Crippen LogP contribution in [0.4, 0.5) is 31.1 Å². The fourth-order valence-corrected chi connectivity index (χ4v) is 3.57. The van der Waals surface area contributed by atoms with Crippen LogP contribution in [-0.4, -0.2) is 36.5 Å². The zero-order valence-corrected chi connectivity index (χ0v) is 17.0. The molecule has 1 saturated heterocycles. The number of urea groups is 1. The summed E-state index contributed by atoms with van der Waals surface area (Å²) in [6, 6.07) is 9.01. The molecule has 178 valence electrons. The first-order valence-electron chi connectivity index (χ1n) is 9.57. The maximum atomic E-state index is 13.1. The Morgan fingerprint density at radius 1 is 1.03 bits per heavy atom. The lowest BCUT2D eigenvalue weighted by molar-refractivity contribution is -0.143. The molecule has 3 N–H and O–H groups in total. The van der Waals surface area contributed by atoms with Crippen LogP contribution in [0.15, 0.2) is 48.5 Å². The van der Waals surface area contributed by atoms with Crippen LogP contribution < -0.4 is 11.1 Å². The Bertz CT molecular complexity index is 994. The number of nitrogens with one attached hydrogen (secondary N) is 1. The zero-order chi connectivity index (χ0) is 24.4. The van der Waals surface area contributed by atoms with Crippen molar-refractivity contribution in [3.05, 3.63) is 70.8 Å². The van der Waals surface area contributed by atoms with Crippen LogP contribution in [0.1, 0.15) is 22.3 Å². The number of alkyl halides is 6. The van der Waals surface area contributed by atoms with Gasteiger partial charge in [-0.1, -0.05) is 30.3 Å². The number of primary amides is 1. The number of ether oxygens (including phenoxy) is 1. The minimum atomic E-state index is -4.98. The monoisotopic (exact) mass is 475 g/mol. The van der Waals surface area contributed by atoms with Gasteiger partial charge in [0.1, 0.15) is 12.1 Å². The molecule has 1 atom stereocenters. The third kappa shape index (κ3) is 5.75. The molecule has 0 radical (unpaired) electrons. The normalized spacial score (nSPS) is 19.0. The van der Waals surface area contributed by atoms with Gasteiger partial charge < -0.3 is 20.7 Å². The second-order valence-electron chi connectivity index (χ2n) is 7.61. The van der Waals surface area contributed by atoms with Crippen molar-refractivity contribution in [3.63, 3.8) is 0 Å². The van der Waals surface area contributed by atoms with Crippen molar-refractivity contribution in [2.75, 3.05) is 19.7 Å². The Balaban J connectivity index is 1.84. The molecule has 1 aliphatic rings. The molecule has 2 aromatic carbocycles. The first-order chi connectivity index (χ1) is 15.3. The molecule has 0 spiro atoms. The molecule has 12 heteroatoms. The highest BCUT2D eigenvalue weighted by Gasteiger charge is 2.44. The van der Waals surface area contributed by atoms with E-state index in [-0.39, 0.29) is 31.3 Å². The third-order valence-corrected chi connectivity index (χ3v) is 5.03. The summed E-state index contributed by atoms with van der Waals surface area (Å²) in [5.41, 5.74) is 1.31. The predicted octanol–water partition coefficient (Wildman–Crippen LogP) is 3.65. The fraction of sp³-hybridized carbons (Fsp3) is 0.333. The van der Waals surface area contributed by atoms with E-state index in [0.717, 1.165) is 4.90 Å². The molecule has 0 aromatic heterocycles. The predicted molar refractivity (Wildman–Crippen MR) is 104 cm³/mol. The summed E-state index contributed by atoms with van der Waals surface area (Å²) in [6.07, 6.45) is -9.95. The Morgan fingerprint density at radius 3 is 2.12 bits per heavy atom. The summed E-state index contributed by atoms with van der Waals surface area (Å²) in [4.78, 5) is 24.7. The molecule has 0 saturated carbocycles. The van der Waals surface area contributed by atoms with Gasteiger partial charge in [0.2, 0.25) is 5.91 Å². The largest absolute Gasteiger partial charge is 0.416 e. The van der Waals surface area contributed by atoms with Crippen LogP contribution in [0, 0.1) is 0 Å². The maximum absolute atomic E-state index is 13.1. The van der Waals surface area contributed by atoms with E-state index in [4.69, 9.17) is 10.5 Å². The van der Waals surface area contributed by atoms with Gasteiger partial charge in [-0.2, -0.15) is 26.3 Å². The van der Waals surface area contributed by atoms with E-state index >= 15 is 0 Å². The number of amides is 3. The molecule has 2 aromatic rings. The molecule has 0 aliphatic carbocycles. The molecule has 1 aliphatic heterocycles. The molecule has 3 amide bonds. The average Bonchev–Trinajstić information content (AvgIpc) is 3.03. The quantitative estimate of drug-likeness (QED) is 0.600. The molecule has 1 heterocycles. The average molecular weight is 475 g/mol. The summed E-state index contributed by atoms with van der Waals surface area (Å²) < 4.78 is 84.0. The van der Waals surface area contributed by atoms with Gasteiger partial charge in [-0.15, -0.1) is 0 Å². The van der Waals surface area contributed by atoms with E-state index in [0.29, 0.717) is 17.7 Å². The molecule has 6 nitrogen and oxygen atoms in total. The van der Waals surface area contributed by atoms with Crippen LogP contribution in [0.25, 0.3) is 0 Å². The number of hydrogen-bond acceptors (Lipinski definition) is 3. The lowest BCUT2D eigenvalue weighted by Crippen LogP contribution is -2.44. The molecule has 3 rings (SSSR count). The number of benzene rings is 2. The van der Waals surface area contributed by atoms with Gasteiger partial charge in [0.05, 0.1) is 30.9 Å². The third-order valence-electron chi connectivity index (χ3n) is 5.03. The Hall–Kier alpha value is -3.28. The second kappa shape index (κ2) is 8.93. The number of nitrogens with two attached hydrogens (primary N) is 1. The Labute approximate surface area is 184 Å². The van der Waals surface area contributed by atoms with Crippen molar-refractivity contribution in [3.8, 4) is 0 Å². The maximum Gasteiger partial charge on any atom is 0.416 e. The van der Waals surface area contributed by atoms with Gasteiger partial charge >= 0.3 is 18.4 Å². The summed E-state index contributed by atoms with van der Waals surface area (Å²) in [5, 5.41) is 2.69. The number of hydrogen-bond donors (Lipinski definition) is 2. The van der Waals surface area contributed by atoms with Crippen LogP contribution in [0.3, 0.4) is 0 Å². The van der Waals surface area contributed by atoms with Crippen molar-refractivity contribution in [2.45, 2.75) is 24.5 Å². The number of nitrogens with zero attached hydrogens (tertiary/aromatic N) is 1. The lowest BCUT2D eigenvalue weighted by Gasteiger charge is -2.29.